The molecule has 0 fully saturated rings. The van der Waals surface area contributed by atoms with Gasteiger partial charge < -0.3 is 15.8 Å². The smallest absolute Gasteiger partial charge is 0.240 e. The lowest BCUT2D eigenvalue weighted by Crippen LogP contribution is -2.49. The Morgan fingerprint density at radius 1 is 1.07 bits per heavy atom. The number of rotatable bonds is 9. The van der Waals surface area contributed by atoms with Gasteiger partial charge in [-0.2, -0.15) is 0 Å². The molecule has 0 heterocycles. The van der Waals surface area contributed by atoms with Crippen LogP contribution in [-0.4, -0.2) is 36.7 Å². The maximum Gasteiger partial charge on any atom is 0.240 e. The molecule has 0 saturated carbocycles. The molecule has 0 spiro atoms. The highest BCUT2D eigenvalue weighted by Gasteiger charge is 2.18. The van der Waals surface area contributed by atoms with Crippen molar-refractivity contribution >= 4 is 18.1 Å². The summed E-state index contributed by atoms with van der Waals surface area (Å²) >= 11 is 0. The van der Waals surface area contributed by atoms with Crippen LogP contribution >= 0.6 is 0 Å². The van der Waals surface area contributed by atoms with Gasteiger partial charge in [-0.1, -0.05) is 36.4 Å². The highest BCUT2D eigenvalue weighted by Crippen LogP contribution is 2.20. The molecule has 0 aliphatic rings. The Bertz CT molecular complexity index is 791. The fourth-order valence-corrected chi connectivity index (χ4v) is 2.48. The van der Waals surface area contributed by atoms with Gasteiger partial charge in [0.2, 0.25) is 11.8 Å². The second-order valence-electron chi connectivity index (χ2n) is 6.24. The van der Waals surface area contributed by atoms with E-state index in [0.29, 0.717) is 6.29 Å². The Balaban J connectivity index is 1.99. The fourth-order valence-electron chi connectivity index (χ4n) is 2.48. The first-order valence-electron chi connectivity index (χ1n) is 8.51. The Hall–Kier alpha value is -3.06. The van der Waals surface area contributed by atoms with Crippen molar-refractivity contribution in [1.29, 1.82) is 0 Å². The van der Waals surface area contributed by atoms with E-state index in [-0.39, 0.29) is 18.8 Å². The number of primary amides is 1. The van der Waals surface area contributed by atoms with E-state index in [1.165, 1.54) is 12.1 Å². The molecule has 0 radical (unpaired) electrons. The lowest BCUT2D eigenvalue weighted by molar-refractivity contribution is -0.127. The van der Waals surface area contributed by atoms with Gasteiger partial charge in [-0.25, -0.2) is 4.39 Å². The van der Waals surface area contributed by atoms with Crippen LogP contribution in [0.5, 0.6) is 0 Å². The molecule has 6 nitrogen and oxygen atoms in total. The summed E-state index contributed by atoms with van der Waals surface area (Å²) in [4.78, 5) is 34.1. The number of benzene rings is 2. The van der Waals surface area contributed by atoms with E-state index in [1.54, 1.807) is 19.1 Å². The lowest BCUT2D eigenvalue weighted by atomic mass is 10.0. The first-order chi connectivity index (χ1) is 12.9. The van der Waals surface area contributed by atoms with Crippen LogP contribution in [0.25, 0.3) is 11.1 Å². The van der Waals surface area contributed by atoms with Crippen LogP contribution in [0.1, 0.15) is 12.5 Å². The van der Waals surface area contributed by atoms with Crippen LogP contribution in [-0.2, 0) is 20.8 Å². The third-order valence-corrected chi connectivity index (χ3v) is 4.04. The monoisotopic (exact) mass is 371 g/mol. The lowest BCUT2D eigenvalue weighted by Gasteiger charge is -2.16. The molecule has 142 valence electrons. The number of nitrogens with one attached hydrogen (secondary N) is 2. The summed E-state index contributed by atoms with van der Waals surface area (Å²) in [5.74, 6) is -1.36. The van der Waals surface area contributed by atoms with Crippen molar-refractivity contribution in [1.82, 2.24) is 10.6 Å². The molecule has 4 N–H and O–H groups in total. The number of carbonyl (C=O) groups is 3. The van der Waals surface area contributed by atoms with Crippen LogP contribution in [0, 0.1) is 5.82 Å². The molecule has 0 aromatic heterocycles. The van der Waals surface area contributed by atoms with Crippen LogP contribution in [0.4, 0.5) is 4.39 Å². The summed E-state index contributed by atoms with van der Waals surface area (Å²) in [7, 11) is 0. The topological polar surface area (TPSA) is 101 Å². The van der Waals surface area contributed by atoms with Gasteiger partial charge in [-0.05, 0) is 35.7 Å². The van der Waals surface area contributed by atoms with Crippen molar-refractivity contribution in [2.75, 3.05) is 6.54 Å². The highest BCUT2D eigenvalue weighted by atomic mass is 19.1. The Kier molecular flexibility index (Phi) is 7.19. The first kappa shape index (κ1) is 20.3. The summed E-state index contributed by atoms with van der Waals surface area (Å²) in [6, 6.07) is 12.2. The molecule has 2 aromatic rings. The SMILES string of the molecule is CC(C=O)NCC(=O)NC(Cc1ccc(-c2ccc(F)cc2)cc1)C(N)=O. The number of hydrogen-bond acceptors (Lipinski definition) is 4. The molecule has 2 atom stereocenters. The zero-order chi connectivity index (χ0) is 19.8. The van der Waals surface area contributed by atoms with E-state index in [4.69, 9.17) is 5.73 Å². The van der Waals surface area contributed by atoms with E-state index >= 15 is 0 Å². The van der Waals surface area contributed by atoms with E-state index in [1.807, 2.05) is 24.3 Å². The Morgan fingerprint density at radius 2 is 1.63 bits per heavy atom. The Morgan fingerprint density at radius 3 is 2.15 bits per heavy atom. The molecule has 7 heteroatoms. The van der Waals surface area contributed by atoms with Gasteiger partial charge in [0.05, 0.1) is 12.6 Å². The van der Waals surface area contributed by atoms with Crippen molar-refractivity contribution in [2.24, 2.45) is 5.73 Å². The molecular weight excluding hydrogens is 349 g/mol. The number of carbonyl (C=O) groups excluding carboxylic acids is 3. The number of hydrogen-bond donors (Lipinski definition) is 3. The normalized spacial score (nSPS) is 12.8. The minimum absolute atomic E-state index is 0.0901. The molecule has 27 heavy (non-hydrogen) atoms. The van der Waals surface area contributed by atoms with Crippen molar-refractivity contribution < 1.29 is 18.8 Å². The molecule has 2 amide bonds. The average molecular weight is 371 g/mol. The van der Waals surface area contributed by atoms with E-state index in [2.05, 4.69) is 10.6 Å². The molecule has 0 bridgehead atoms. The summed E-state index contributed by atoms with van der Waals surface area (Å²) in [6.07, 6.45) is 0.926. The third kappa shape index (κ3) is 6.31. The highest BCUT2D eigenvalue weighted by molar-refractivity contribution is 5.87. The second-order valence-corrected chi connectivity index (χ2v) is 6.24. The molecule has 0 aliphatic carbocycles. The first-order valence-corrected chi connectivity index (χ1v) is 8.51. The average Bonchev–Trinajstić information content (AvgIpc) is 2.66. The predicted octanol–water partition coefficient (Wildman–Crippen LogP) is 1.18. The standard InChI is InChI=1S/C20H22FN3O3/c1-13(12-25)23-11-19(26)24-18(20(22)27)10-14-2-4-15(5-3-14)16-6-8-17(21)9-7-16/h2-9,12-13,18,23H,10-11H2,1H3,(H2,22,27)(H,24,26). The minimum Gasteiger partial charge on any atom is -0.368 e. The number of aldehydes is 1. The molecule has 2 aromatic carbocycles. The molecular formula is C20H22FN3O3. The van der Waals surface area contributed by atoms with E-state index in [9.17, 15) is 18.8 Å². The van der Waals surface area contributed by atoms with Gasteiger partial charge in [0.25, 0.3) is 0 Å². The maximum atomic E-state index is 13.0. The van der Waals surface area contributed by atoms with Crippen LogP contribution < -0.4 is 16.4 Å². The van der Waals surface area contributed by atoms with Gasteiger partial charge in [-0.3, -0.25) is 14.9 Å². The van der Waals surface area contributed by atoms with Gasteiger partial charge >= 0.3 is 0 Å². The van der Waals surface area contributed by atoms with Gasteiger partial charge in [-0.15, -0.1) is 0 Å². The molecule has 2 rings (SSSR count). The van der Waals surface area contributed by atoms with Gasteiger partial charge in [0.15, 0.2) is 0 Å². The van der Waals surface area contributed by atoms with Crippen molar-refractivity contribution in [2.45, 2.75) is 25.4 Å². The number of amides is 2. The largest absolute Gasteiger partial charge is 0.368 e. The number of nitrogens with two attached hydrogens (primary N) is 1. The zero-order valence-electron chi connectivity index (χ0n) is 14.9. The summed E-state index contributed by atoms with van der Waals surface area (Å²) in [5.41, 5.74) is 7.98. The van der Waals surface area contributed by atoms with Crippen LogP contribution in [0.15, 0.2) is 48.5 Å². The van der Waals surface area contributed by atoms with Crippen molar-refractivity contribution in [3.05, 3.63) is 59.9 Å². The van der Waals surface area contributed by atoms with E-state index < -0.39 is 23.9 Å². The van der Waals surface area contributed by atoms with Crippen molar-refractivity contribution in [3.8, 4) is 11.1 Å². The van der Waals surface area contributed by atoms with Gasteiger partial charge in [0.1, 0.15) is 18.1 Å². The van der Waals surface area contributed by atoms with Crippen molar-refractivity contribution in [3.63, 3.8) is 0 Å². The minimum atomic E-state index is -0.859. The molecule has 0 aliphatic heterocycles. The Labute approximate surface area is 156 Å². The summed E-state index contributed by atoms with van der Waals surface area (Å²) < 4.78 is 13.0. The summed E-state index contributed by atoms with van der Waals surface area (Å²) in [6.45, 7) is 1.53. The van der Waals surface area contributed by atoms with Crippen LogP contribution in [0.3, 0.4) is 0 Å². The van der Waals surface area contributed by atoms with Crippen LogP contribution in [0.2, 0.25) is 0 Å². The quantitative estimate of drug-likeness (QED) is 0.576. The summed E-state index contributed by atoms with van der Waals surface area (Å²) in [5, 5.41) is 5.27. The third-order valence-electron chi connectivity index (χ3n) is 4.04. The second kappa shape index (κ2) is 9.59. The van der Waals surface area contributed by atoms with E-state index in [0.717, 1.165) is 16.7 Å². The van der Waals surface area contributed by atoms with Gasteiger partial charge in [0, 0.05) is 6.42 Å². The maximum absolute atomic E-state index is 13.0. The molecule has 2 unspecified atom stereocenters. The predicted molar refractivity (Wildman–Crippen MR) is 100 cm³/mol. The fraction of sp³-hybridized carbons (Fsp3) is 0.250. The number of halogens is 1. The zero-order valence-corrected chi connectivity index (χ0v) is 14.9. The molecule has 0 saturated heterocycles.